The number of fused-ring (bicyclic) bond motifs is 1. The number of hydrogen-bond donors (Lipinski definition) is 2. The van der Waals surface area contributed by atoms with Gasteiger partial charge < -0.3 is 29.3 Å². The molecule has 11 heteroatoms. The fraction of sp³-hybridized carbons (Fsp3) is 0.591. The van der Waals surface area contributed by atoms with Gasteiger partial charge in [0, 0.05) is 51.3 Å². The number of amides is 1. The maximum atomic E-state index is 11.7. The van der Waals surface area contributed by atoms with Crippen LogP contribution in [0.3, 0.4) is 0 Å². The van der Waals surface area contributed by atoms with Crippen molar-refractivity contribution in [3.05, 3.63) is 17.9 Å². The van der Waals surface area contributed by atoms with E-state index in [1.807, 2.05) is 29.8 Å². The standard InChI is InChI=1S/C22H30N8O3/c1-13(2)30-12-16-18(21(30)32)25-22(29-9-7-28(8-10-29)14(3)31)26-19(16)23-11-17-24-20(33-27-17)15-5-4-6-15/h12-13,15,32H,4-11H2,1-3H3,(H,23,25,26). The lowest BCUT2D eigenvalue weighted by atomic mass is 9.85. The fourth-order valence-electron chi connectivity index (χ4n) is 4.29. The van der Waals surface area contributed by atoms with Crippen molar-refractivity contribution in [1.82, 2.24) is 29.6 Å². The Morgan fingerprint density at radius 2 is 1.97 bits per heavy atom. The average molecular weight is 455 g/mol. The predicted molar refractivity (Wildman–Crippen MR) is 122 cm³/mol. The maximum absolute atomic E-state index is 11.7. The Kier molecular flexibility index (Phi) is 5.55. The molecule has 3 aromatic heterocycles. The number of aromatic hydroxyl groups is 1. The molecule has 0 unspecified atom stereocenters. The molecule has 0 atom stereocenters. The molecule has 0 radical (unpaired) electrons. The first-order valence-corrected chi connectivity index (χ1v) is 11.6. The van der Waals surface area contributed by atoms with Crippen LogP contribution in [0, 0.1) is 0 Å². The predicted octanol–water partition coefficient (Wildman–Crippen LogP) is 2.65. The van der Waals surface area contributed by atoms with E-state index in [4.69, 9.17) is 9.51 Å². The zero-order valence-electron chi connectivity index (χ0n) is 19.3. The molecule has 1 saturated heterocycles. The van der Waals surface area contributed by atoms with E-state index in [0.717, 1.165) is 18.2 Å². The molecule has 0 aromatic carbocycles. The summed E-state index contributed by atoms with van der Waals surface area (Å²) in [7, 11) is 0. The molecule has 2 fully saturated rings. The topological polar surface area (TPSA) is 125 Å². The molecule has 1 aliphatic carbocycles. The molecular formula is C22H30N8O3. The monoisotopic (exact) mass is 454 g/mol. The highest BCUT2D eigenvalue weighted by Crippen LogP contribution is 2.36. The summed E-state index contributed by atoms with van der Waals surface area (Å²) in [5, 5.41) is 19.0. The van der Waals surface area contributed by atoms with E-state index >= 15 is 0 Å². The average Bonchev–Trinajstić information content (AvgIpc) is 3.35. The third-order valence-corrected chi connectivity index (χ3v) is 6.57. The SMILES string of the molecule is CC(=O)N1CCN(c2nc(NCc3noc(C4CCC4)n3)c3cn(C(C)C)c(O)c3n2)CC1. The Hall–Kier alpha value is -3.37. The Bertz CT molecular complexity index is 1160. The molecule has 3 aromatic rings. The molecule has 5 rings (SSSR count). The number of rotatable bonds is 6. The van der Waals surface area contributed by atoms with Gasteiger partial charge in [-0.05, 0) is 26.7 Å². The van der Waals surface area contributed by atoms with Crippen LogP contribution in [0.5, 0.6) is 5.88 Å². The molecule has 1 aliphatic heterocycles. The van der Waals surface area contributed by atoms with Gasteiger partial charge in [0.2, 0.25) is 23.6 Å². The number of carbonyl (C=O) groups excluding carboxylic acids is 1. The molecule has 1 amide bonds. The summed E-state index contributed by atoms with van der Waals surface area (Å²) in [6.45, 7) is 8.44. The van der Waals surface area contributed by atoms with Crippen molar-refractivity contribution in [2.75, 3.05) is 36.4 Å². The van der Waals surface area contributed by atoms with Crippen molar-refractivity contribution in [3.63, 3.8) is 0 Å². The number of aromatic nitrogens is 5. The second-order valence-corrected chi connectivity index (χ2v) is 9.11. The van der Waals surface area contributed by atoms with Crippen LogP contribution in [0.2, 0.25) is 0 Å². The number of carbonyl (C=O) groups is 1. The number of piperazine rings is 1. The summed E-state index contributed by atoms with van der Waals surface area (Å²) in [5.74, 6) is 2.98. The van der Waals surface area contributed by atoms with Crippen LogP contribution in [0.15, 0.2) is 10.7 Å². The second kappa shape index (κ2) is 8.53. The smallest absolute Gasteiger partial charge is 0.229 e. The van der Waals surface area contributed by atoms with Crippen molar-refractivity contribution >= 4 is 28.6 Å². The minimum Gasteiger partial charge on any atom is -0.493 e. The lowest BCUT2D eigenvalue weighted by Crippen LogP contribution is -2.48. The van der Waals surface area contributed by atoms with Gasteiger partial charge in [0.1, 0.15) is 11.3 Å². The van der Waals surface area contributed by atoms with Gasteiger partial charge in [-0.25, -0.2) is 4.98 Å². The van der Waals surface area contributed by atoms with Crippen LogP contribution < -0.4 is 10.2 Å². The number of nitrogens with one attached hydrogen (secondary N) is 1. The van der Waals surface area contributed by atoms with Crippen LogP contribution in [0.4, 0.5) is 11.8 Å². The summed E-state index contributed by atoms with van der Waals surface area (Å²) < 4.78 is 7.21. The quantitative estimate of drug-likeness (QED) is 0.578. The van der Waals surface area contributed by atoms with E-state index in [1.165, 1.54) is 6.42 Å². The molecule has 2 N–H and O–H groups in total. The Morgan fingerprint density at radius 1 is 1.21 bits per heavy atom. The molecule has 11 nitrogen and oxygen atoms in total. The van der Waals surface area contributed by atoms with E-state index in [9.17, 15) is 9.90 Å². The fourth-order valence-corrected chi connectivity index (χ4v) is 4.29. The summed E-state index contributed by atoms with van der Waals surface area (Å²) >= 11 is 0. The zero-order chi connectivity index (χ0) is 23.1. The lowest BCUT2D eigenvalue weighted by Gasteiger charge is -2.34. The second-order valence-electron chi connectivity index (χ2n) is 9.11. The van der Waals surface area contributed by atoms with E-state index < -0.39 is 0 Å². The highest BCUT2D eigenvalue weighted by atomic mass is 16.5. The molecule has 2 aliphatic rings. The van der Waals surface area contributed by atoms with Crippen molar-refractivity contribution in [2.45, 2.75) is 58.5 Å². The van der Waals surface area contributed by atoms with Crippen LogP contribution >= 0.6 is 0 Å². The van der Waals surface area contributed by atoms with Gasteiger partial charge in [0.25, 0.3) is 0 Å². The summed E-state index contributed by atoms with van der Waals surface area (Å²) in [6.07, 6.45) is 5.28. The molecule has 0 spiro atoms. The lowest BCUT2D eigenvalue weighted by molar-refractivity contribution is -0.129. The number of nitrogens with zero attached hydrogens (tertiary/aromatic N) is 7. The first-order valence-electron chi connectivity index (χ1n) is 11.6. The number of anilines is 2. The zero-order valence-corrected chi connectivity index (χ0v) is 19.3. The van der Waals surface area contributed by atoms with Crippen molar-refractivity contribution in [1.29, 1.82) is 0 Å². The first-order chi connectivity index (χ1) is 15.9. The van der Waals surface area contributed by atoms with Gasteiger partial charge in [-0.3, -0.25) is 4.79 Å². The van der Waals surface area contributed by atoms with Gasteiger partial charge >= 0.3 is 0 Å². The van der Waals surface area contributed by atoms with E-state index in [1.54, 1.807) is 11.5 Å². The minimum atomic E-state index is 0.0665. The summed E-state index contributed by atoms with van der Waals surface area (Å²) in [4.78, 5) is 29.5. The molecule has 4 heterocycles. The molecule has 0 bridgehead atoms. The third kappa shape index (κ3) is 4.07. The van der Waals surface area contributed by atoms with Gasteiger partial charge in [0.15, 0.2) is 5.82 Å². The van der Waals surface area contributed by atoms with Crippen LogP contribution in [0.1, 0.15) is 63.7 Å². The molecular weight excluding hydrogens is 424 g/mol. The van der Waals surface area contributed by atoms with Gasteiger partial charge in [-0.15, -0.1) is 0 Å². The Labute approximate surface area is 191 Å². The molecule has 1 saturated carbocycles. The Morgan fingerprint density at radius 3 is 2.61 bits per heavy atom. The highest BCUT2D eigenvalue weighted by molar-refractivity contribution is 5.94. The third-order valence-electron chi connectivity index (χ3n) is 6.57. The summed E-state index contributed by atoms with van der Waals surface area (Å²) in [6, 6.07) is 0.0665. The first kappa shape index (κ1) is 21.5. The highest BCUT2D eigenvalue weighted by Gasteiger charge is 2.26. The van der Waals surface area contributed by atoms with Crippen molar-refractivity contribution < 1.29 is 14.4 Å². The van der Waals surface area contributed by atoms with E-state index in [0.29, 0.717) is 67.6 Å². The van der Waals surface area contributed by atoms with E-state index in [-0.39, 0.29) is 17.8 Å². The van der Waals surface area contributed by atoms with Gasteiger partial charge in [-0.1, -0.05) is 11.6 Å². The molecule has 176 valence electrons. The van der Waals surface area contributed by atoms with Gasteiger partial charge in [0.05, 0.1) is 11.9 Å². The van der Waals surface area contributed by atoms with Gasteiger partial charge in [-0.2, -0.15) is 9.97 Å². The maximum Gasteiger partial charge on any atom is 0.229 e. The van der Waals surface area contributed by atoms with Crippen molar-refractivity contribution in [2.24, 2.45) is 0 Å². The minimum absolute atomic E-state index is 0.0665. The van der Waals surface area contributed by atoms with Crippen LogP contribution in [-0.2, 0) is 11.3 Å². The van der Waals surface area contributed by atoms with Crippen LogP contribution in [-0.4, -0.2) is 66.8 Å². The summed E-state index contributed by atoms with van der Waals surface area (Å²) in [5.41, 5.74) is 0.494. The number of hydrogen-bond acceptors (Lipinski definition) is 9. The van der Waals surface area contributed by atoms with Crippen molar-refractivity contribution in [3.8, 4) is 5.88 Å². The Balaban J connectivity index is 1.43. The van der Waals surface area contributed by atoms with E-state index in [2.05, 4.69) is 20.4 Å². The largest absolute Gasteiger partial charge is 0.493 e. The molecule has 33 heavy (non-hydrogen) atoms. The van der Waals surface area contributed by atoms with Crippen LogP contribution in [0.25, 0.3) is 10.9 Å². The normalized spacial score (nSPS) is 17.1.